The summed E-state index contributed by atoms with van der Waals surface area (Å²) in [6, 6.07) is 6.08. The molecule has 4 rings (SSSR count). The van der Waals surface area contributed by atoms with Gasteiger partial charge in [0, 0.05) is 20.8 Å². The Balaban J connectivity index is 1.92. The number of nitrogens with zero attached hydrogens (tertiary/aromatic N) is 3. The molecule has 0 radical (unpaired) electrons. The van der Waals surface area contributed by atoms with Crippen molar-refractivity contribution in [3.8, 4) is 17.0 Å². The fourth-order valence-electron chi connectivity index (χ4n) is 2.67. The van der Waals surface area contributed by atoms with E-state index < -0.39 is 0 Å². The van der Waals surface area contributed by atoms with Crippen molar-refractivity contribution >= 4 is 27.3 Å². The van der Waals surface area contributed by atoms with Crippen LogP contribution in [-0.4, -0.2) is 26.8 Å². The summed E-state index contributed by atoms with van der Waals surface area (Å²) in [4.78, 5) is 10.4. The van der Waals surface area contributed by atoms with Crippen molar-refractivity contribution in [1.82, 2.24) is 20.2 Å². The summed E-state index contributed by atoms with van der Waals surface area (Å²) in [5.74, 6) is 2.08. The molecule has 0 saturated heterocycles. The zero-order chi connectivity index (χ0) is 16.0. The molecule has 1 aliphatic heterocycles. The number of thiazole rings is 1. The van der Waals surface area contributed by atoms with Crippen LogP contribution in [0.2, 0.25) is 0 Å². The number of halogens is 1. The molecule has 1 aliphatic rings. The fourth-order valence-corrected chi connectivity index (χ4v) is 4.18. The number of fused-ring (bicyclic) bond motifs is 3. The highest BCUT2D eigenvalue weighted by Gasteiger charge is 2.30. The SMILES string of the molecule is CC(C)c1nc2c(s1)C(c1ncn[nH]1)COc1cc(Br)ccc1-2. The number of rotatable bonds is 2. The maximum absolute atomic E-state index is 6.06. The maximum atomic E-state index is 6.06. The topological polar surface area (TPSA) is 63.7 Å². The second kappa shape index (κ2) is 5.72. The summed E-state index contributed by atoms with van der Waals surface area (Å²) in [5.41, 5.74) is 2.04. The predicted octanol–water partition coefficient (Wildman–Crippen LogP) is 4.34. The molecule has 0 amide bonds. The Hall–Kier alpha value is -1.73. The summed E-state index contributed by atoms with van der Waals surface area (Å²) in [5, 5.41) is 8.11. The van der Waals surface area contributed by atoms with E-state index in [1.54, 1.807) is 11.3 Å². The predicted molar refractivity (Wildman–Crippen MR) is 93.1 cm³/mol. The summed E-state index contributed by atoms with van der Waals surface area (Å²) in [7, 11) is 0. The van der Waals surface area contributed by atoms with E-state index in [-0.39, 0.29) is 5.92 Å². The molecule has 0 bridgehead atoms. The van der Waals surface area contributed by atoms with Gasteiger partial charge in [0.2, 0.25) is 0 Å². The van der Waals surface area contributed by atoms with E-state index in [9.17, 15) is 0 Å². The molecule has 7 heteroatoms. The lowest BCUT2D eigenvalue weighted by Gasteiger charge is -2.11. The highest BCUT2D eigenvalue weighted by molar-refractivity contribution is 9.10. The molecule has 0 saturated carbocycles. The minimum atomic E-state index is 0.0173. The standard InChI is InChI=1S/C16H15BrN4OS/c1-8(2)16-20-13-10-4-3-9(17)5-12(10)22-6-11(14(13)23-16)15-18-7-19-21-15/h3-5,7-8,11H,6H2,1-2H3,(H,18,19,21). The lowest BCUT2D eigenvalue weighted by atomic mass is 10.0. The van der Waals surface area contributed by atoms with Crippen LogP contribution in [0.1, 0.15) is 41.4 Å². The van der Waals surface area contributed by atoms with Gasteiger partial charge in [-0.05, 0) is 18.2 Å². The summed E-state index contributed by atoms with van der Waals surface area (Å²) in [6.07, 6.45) is 1.54. The fraction of sp³-hybridized carbons (Fsp3) is 0.312. The van der Waals surface area contributed by atoms with E-state index in [4.69, 9.17) is 9.72 Å². The van der Waals surface area contributed by atoms with Crippen molar-refractivity contribution in [2.24, 2.45) is 0 Å². The molecule has 118 valence electrons. The van der Waals surface area contributed by atoms with E-state index in [2.05, 4.69) is 51.0 Å². The molecule has 3 aromatic rings. The first-order chi connectivity index (χ1) is 11.1. The van der Waals surface area contributed by atoms with E-state index in [0.29, 0.717) is 12.5 Å². The highest BCUT2D eigenvalue weighted by atomic mass is 79.9. The van der Waals surface area contributed by atoms with Crippen molar-refractivity contribution in [2.45, 2.75) is 25.7 Å². The minimum absolute atomic E-state index is 0.0173. The largest absolute Gasteiger partial charge is 0.492 e. The number of hydrogen-bond donors (Lipinski definition) is 1. The molecule has 0 aliphatic carbocycles. The molecule has 1 atom stereocenters. The Bertz CT molecular complexity index is 844. The third-order valence-corrected chi connectivity index (χ3v) is 5.81. The average molecular weight is 391 g/mol. The zero-order valence-electron chi connectivity index (χ0n) is 12.7. The molecular weight excluding hydrogens is 376 g/mol. The van der Waals surface area contributed by atoms with Gasteiger partial charge in [0.15, 0.2) is 0 Å². The Morgan fingerprint density at radius 1 is 1.39 bits per heavy atom. The Morgan fingerprint density at radius 2 is 2.26 bits per heavy atom. The van der Waals surface area contributed by atoms with Gasteiger partial charge in [-0.3, -0.25) is 5.10 Å². The van der Waals surface area contributed by atoms with Gasteiger partial charge in [-0.15, -0.1) is 11.3 Å². The number of aromatic nitrogens is 4. The van der Waals surface area contributed by atoms with Crippen molar-refractivity contribution in [3.05, 3.63) is 44.7 Å². The first kappa shape index (κ1) is 14.8. The van der Waals surface area contributed by atoms with Crippen molar-refractivity contribution in [2.75, 3.05) is 6.61 Å². The molecule has 1 unspecified atom stereocenters. The summed E-state index contributed by atoms with van der Waals surface area (Å²) >= 11 is 5.25. The second-order valence-electron chi connectivity index (χ2n) is 5.79. The van der Waals surface area contributed by atoms with Crippen LogP contribution in [0, 0.1) is 0 Å². The number of aromatic amines is 1. The lowest BCUT2D eigenvalue weighted by molar-refractivity contribution is 0.305. The van der Waals surface area contributed by atoms with Crippen LogP contribution < -0.4 is 4.74 Å². The van der Waals surface area contributed by atoms with E-state index in [1.807, 2.05) is 12.1 Å². The molecular formula is C16H15BrN4OS. The molecule has 23 heavy (non-hydrogen) atoms. The first-order valence-electron chi connectivity index (χ1n) is 7.42. The van der Waals surface area contributed by atoms with E-state index in [1.165, 1.54) is 11.2 Å². The van der Waals surface area contributed by atoms with Gasteiger partial charge < -0.3 is 4.74 Å². The van der Waals surface area contributed by atoms with Crippen LogP contribution >= 0.6 is 27.3 Å². The third kappa shape index (κ3) is 2.57. The van der Waals surface area contributed by atoms with E-state index in [0.717, 1.165) is 32.3 Å². The van der Waals surface area contributed by atoms with Crippen molar-refractivity contribution in [1.29, 1.82) is 0 Å². The Labute approximate surface area is 146 Å². The monoisotopic (exact) mass is 390 g/mol. The molecule has 3 heterocycles. The van der Waals surface area contributed by atoms with Crippen LogP contribution in [0.3, 0.4) is 0 Å². The molecule has 1 N–H and O–H groups in total. The number of hydrogen-bond acceptors (Lipinski definition) is 5. The van der Waals surface area contributed by atoms with Crippen molar-refractivity contribution in [3.63, 3.8) is 0 Å². The van der Waals surface area contributed by atoms with Gasteiger partial charge in [0.05, 0.1) is 16.6 Å². The smallest absolute Gasteiger partial charge is 0.137 e. The van der Waals surface area contributed by atoms with Crippen LogP contribution in [-0.2, 0) is 0 Å². The van der Waals surface area contributed by atoms with Gasteiger partial charge in [0.25, 0.3) is 0 Å². The molecule has 5 nitrogen and oxygen atoms in total. The van der Waals surface area contributed by atoms with Gasteiger partial charge in [0.1, 0.15) is 24.5 Å². The lowest BCUT2D eigenvalue weighted by Crippen LogP contribution is -2.11. The van der Waals surface area contributed by atoms with Crippen LogP contribution in [0.15, 0.2) is 29.0 Å². The van der Waals surface area contributed by atoms with Gasteiger partial charge in [-0.2, -0.15) is 5.10 Å². The van der Waals surface area contributed by atoms with Crippen molar-refractivity contribution < 1.29 is 4.74 Å². The van der Waals surface area contributed by atoms with Gasteiger partial charge in [-0.1, -0.05) is 29.8 Å². The number of benzene rings is 1. The zero-order valence-corrected chi connectivity index (χ0v) is 15.1. The van der Waals surface area contributed by atoms with Gasteiger partial charge in [-0.25, -0.2) is 9.97 Å². The van der Waals surface area contributed by atoms with Crippen LogP contribution in [0.4, 0.5) is 0 Å². The second-order valence-corrected chi connectivity index (χ2v) is 7.77. The third-order valence-electron chi connectivity index (χ3n) is 3.85. The molecule has 0 fully saturated rings. The molecule has 2 aromatic heterocycles. The maximum Gasteiger partial charge on any atom is 0.137 e. The average Bonchev–Trinajstić information content (AvgIpc) is 3.16. The first-order valence-corrected chi connectivity index (χ1v) is 9.03. The van der Waals surface area contributed by atoms with Gasteiger partial charge >= 0.3 is 0 Å². The number of nitrogens with one attached hydrogen (secondary N) is 1. The summed E-state index contributed by atoms with van der Waals surface area (Å²) in [6.45, 7) is 4.85. The van der Waals surface area contributed by atoms with E-state index >= 15 is 0 Å². The highest BCUT2D eigenvalue weighted by Crippen LogP contribution is 2.45. The molecule has 1 aromatic carbocycles. The molecule has 0 spiro atoms. The Morgan fingerprint density at radius 3 is 3.00 bits per heavy atom. The van der Waals surface area contributed by atoms with Crippen LogP contribution in [0.25, 0.3) is 11.3 Å². The minimum Gasteiger partial charge on any atom is -0.492 e. The van der Waals surface area contributed by atoms with Crippen LogP contribution in [0.5, 0.6) is 5.75 Å². The number of H-pyrrole nitrogens is 1. The number of ether oxygens (including phenoxy) is 1. The quantitative estimate of drug-likeness (QED) is 0.706. The normalized spacial score (nSPS) is 16.6. The summed E-state index contributed by atoms with van der Waals surface area (Å²) < 4.78 is 7.05. The Kier molecular flexibility index (Phi) is 3.69.